The Morgan fingerprint density at radius 2 is 2.18 bits per heavy atom. The first kappa shape index (κ1) is 11.3. The normalized spacial score (nSPS) is 10.2. The molecule has 17 heavy (non-hydrogen) atoms. The molecule has 0 fully saturated rings. The van der Waals surface area contributed by atoms with Crippen molar-refractivity contribution in [2.45, 2.75) is 6.42 Å². The number of nitrogens with two attached hydrogens (primary N) is 1. The molecule has 0 aliphatic rings. The molecule has 1 aromatic carbocycles. The number of benzene rings is 1. The Morgan fingerprint density at radius 1 is 1.35 bits per heavy atom. The summed E-state index contributed by atoms with van der Waals surface area (Å²) in [6.45, 7) is 0. The lowest BCUT2D eigenvalue weighted by atomic mass is 10.1. The molecule has 4 nitrogen and oxygen atoms in total. The van der Waals surface area contributed by atoms with Gasteiger partial charge in [-0.1, -0.05) is 0 Å². The van der Waals surface area contributed by atoms with Crippen LogP contribution in [0.5, 0.6) is 5.75 Å². The number of rotatable bonds is 3. The first-order chi connectivity index (χ1) is 8.19. The third-order valence-electron chi connectivity index (χ3n) is 2.32. The van der Waals surface area contributed by atoms with Crippen LogP contribution in [0.4, 0.5) is 10.2 Å². The quantitative estimate of drug-likeness (QED) is 0.878. The number of anilines is 1. The van der Waals surface area contributed by atoms with Crippen molar-refractivity contribution in [2.24, 2.45) is 0 Å². The molecule has 0 amide bonds. The van der Waals surface area contributed by atoms with Gasteiger partial charge < -0.3 is 10.5 Å². The highest BCUT2D eigenvalue weighted by molar-refractivity contribution is 5.36. The maximum Gasteiger partial charge on any atom is 0.135 e. The van der Waals surface area contributed by atoms with E-state index in [2.05, 4.69) is 9.97 Å². The average Bonchev–Trinajstić information content (AvgIpc) is 2.29. The summed E-state index contributed by atoms with van der Waals surface area (Å²) in [5.41, 5.74) is 6.25. The van der Waals surface area contributed by atoms with Gasteiger partial charge >= 0.3 is 0 Å². The highest BCUT2D eigenvalue weighted by atomic mass is 19.1. The minimum absolute atomic E-state index is 0.315. The summed E-state index contributed by atoms with van der Waals surface area (Å²) in [6, 6.07) is 5.94. The molecule has 0 saturated heterocycles. The molecule has 1 heterocycles. The first-order valence-corrected chi connectivity index (χ1v) is 5.09. The van der Waals surface area contributed by atoms with Crippen LogP contribution in [0.3, 0.4) is 0 Å². The van der Waals surface area contributed by atoms with Gasteiger partial charge in [-0.3, -0.25) is 0 Å². The van der Waals surface area contributed by atoms with Gasteiger partial charge in [0.05, 0.1) is 7.11 Å². The fourth-order valence-corrected chi connectivity index (χ4v) is 1.56. The van der Waals surface area contributed by atoms with Crippen molar-refractivity contribution in [3.8, 4) is 5.75 Å². The summed E-state index contributed by atoms with van der Waals surface area (Å²) >= 11 is 0. The molecule has 5 heteroatoms. The Labute approximate surface area is 98.3 Å². The summed E-state index contributed by atoms with van der Waals surface area (Å²) in [6.07, 6.45) is 1.95. The van der Waals surface area contributed by atoms with Crippen LogP contribution >= 0.6 is 0 Å². The fraction of sp³-hybridized carbons (Fsp3) is 0.167. The van der Waals surface area contributed by atoms with E-state index in [1.165, 1.54) is 19.2 Å². The number of hydrogen-bond donors (Lipinski definition) is 1. The van der Waals surface area contributed by atoms with E-state index in [0.29, 0.717) is 29.4 Å². The zero-order valence-corrected chi connectivity index (χ0v) is 9.35. The van der Waals surface area contributed by atoms with Gasteiger partial charge in [-0.25, -0.2) is 14.4 Å². The molecule has 88 valence electrons. The van der Waals surface area contributed by atoms with E-state index in [4.69, 9.17) is 10.5 Å². The van der Waals surface area contributed by atoms with Crippen LogP contribution in [0, 0.1) is 5.82 Å². The van der Waals surface area contributed by atoms with Crippen LogP contribution in [0.2, 0.25) is 0 Å². The van der Waals surface area contributed by atoms with Crippen LogP contribution in [0.15, 0.2) is 30.5 Å². The molecule has 2 aromatic rings. The van der Waals surface area contributed by atoms with Gasteiger partial charge in [-0.15, -0.1) is 0 Å². The van der Waals surface area contributed by atoms with Crippen LogP contribution in [0.1, 0.15) is 11.4 Å². The van der Waals surface area contributed by atoms with Crippen LogP contribution < -0.4 is 10.5 Å². The number of aromatic nitrogens is 2. The van der Waals surface area contributed by atoms with Crippen molar-refractivity contribution in [3.05, 3.63) is 47.7 Å². The van der Waals surface area contributed by atoms with Crippen molar-refractivity contribution >= 4 is 5.82 Å². The number of hydrogen-bond acceptors (Lipinski definition) is 4. The second-order valence-electron chi connectivity index (χ2n) is 3.53. The second kappa shape index (κ2) is 4.78. The van der Waals surface area contributed by atoms with Crippen LogP contribution in [-0.2, 0) is 6.42 Å². The average molecular weight is 233 g/mol. The van der Waals surface area contributed by atoms with Crippen molar-refractivity contribution in [2.75, 3.05) is 12.8 Å². The van der Waals surface area contributed by atoms with E-state index in [-0.39, 0.29) is 5.82 Å². The molecular formula is C12H12FN3O. The van der Waals surface area contributed by atoms with Gasteiger partial charge in [0.2, 0.25) is 0 Å². The molecule has 0 aliphatic carbocycles. The highest BCUT2D eigenvalue weighted by Crippen LogP contribution is 2.21. The number of ether oxygens (including phenoxy) is 1. The minimum Gasteiger partial charge on any atom is -0.496 e. The fourth-order valence-electron chi connectivity index (χ4n) is 1.56. The lowest BCUT2D eigenvalue weighted by Gasteiger charge is -2.07. The van der Waals surface area contributed by atoms with E-state index >= 15 is 0 Å². The minimum atomic E-state index is -0.315. The summed E-state index contributed by atoms with van der Waals surface area (Å²) in [5.74, 6) is 1.22. The third kappa shape index (κ3) is 2.69. The molecule has 0 unspecified atom stereocenters. The SMILES string of the molecule is COc1ccc(F)cc1Cc1nccc(N)n1. The van der Waals surface area contributed by atoms with Crippen molar-refractivity contribution in [1.82, 2.24) is 9.97 Å². The maximum atomic E-state index is 13.1. The Bertz CT molecular complexity index is 531. The van der Waals surface area contributed by atoms with E-state index in [1.54, 1.807) is 18.3 Å². The molecule has 0 aliphatic heterocycles. The molecule has 0 saturated carbocycles. The molecular weight excluding hydrogens is 221 g/mol. The smallest absolute Gasteiger partial charge is 0.135 e. The van der Waals surface area contributed by atoms with Crippen LogP contribution in [0.25, 0.3) is 0 Å². The van der Waals surface area contributed by atoms with Crippen LogP contribution in [-0.4, -0.2) is 17.1 Å². The molecule has 0 radical (unpaired) electrons. The van der Waals surface area contributed by atoms with Gasteiger partial charge in [0.25, 0.3) is 0 Å². The first-order valence-electron chi connectivity index (χ1n) is 5.09. The van der Waals surface area contributed by atoms with Crippen molar-refractivity contribution in [1.29, 1.82) is 0 Å². The number of methoxy groups -OCH3 is 1. The highest BCUT2D eigenvalue weighted by Gasteiger charge is 2.07. The summed E-state index contributed by atoms with van der Waals surface area (Å²) < 4.78 is 18.3. The van der Waals surface area contributed by atoms with E-state index in [0.717, 1.165) is 0 Å². The third-order valence-corrected chi connectivity index (χ3v) is 2.32. The Kier molecular flexibility index (Phi) is 3.18. The monoisotopic (exact) mass is 233 g/mol. The van der Waals surface area contributed by atoms with Gasteiger partial charge in [0, 0.05) is 18.2 Å². The molecule has 0 spiro atoms. The Balaban J connectivity index is 2.32. The Morgan fingerprint density at radius 3 is 2.88 bits per heavy atom. The summed E-state index contributed by atoms with van der Waals surface area (Å²) in [5, 5.41) is 0. The second-order valence-corrected chi connectivity index (χ2v) is 3.53. The predicted octanol–water partition coefficient (Wildman–Crippen LogP) is 1.80. The molecule has 0 bridgehead atoms. The molecule has 1 aromatic heterocycles. The zero-order valence-electron chi connectivity index (χ0n) is 9.35. The topological polar surface area (TPSA) is 61.0 Å². The van der Waals surface area contributed by atoms with E-state index in [9.17, 15) is 4.39 Å². The largest absolute Gasteiger partial charge is 0.496 e. The molecule has 2 N–H and O–H groups in total. The zero-order chi connectivity index (χ0) is 12.3. The number of nitrogens with zero attached hydrogens (tertiary/aromatic N) is 2. The number of halogens is 1. The molecule has 2 rings (SSSR count). The lowest BCUT2D eigenvalue weighted by molar-refractivity contribution is 0.409. The maximum absolute atomic E-state index is 13.1. The predicted molar refractivity (Wildman–Crippen MR) is 62.2 cm³/mol. The van der Waals surface area contributed by atoms with Gasteiger partial charge in [-0.05, 0) is 24.3 Å². The summed E-state index contributed by atoms with van der Waals surface area (Å²) in [4.78, 5) is 8.13. The van der Waals surface area contributed by atoms with E-state index in [1.807, 2.05) is 0 Å². The van der Waals surface area contributed by atoms with Crippen molar-refractivity contribution in [3.63, 3.8) is 0 Å². The summed E-state index contributed by atoms with van der Waals surface area (Å²) in [7, 11) is 1.54. The molecule has 0 atom stereocenters. The standard InChI is InChI=1S/C12H12FN3O/c1-17-10-3-2-9(13)6-8(10)7-12-15-5-4-11(14)16-12/h2-6H,7H2,1H3,(H2,14,15,16). The van der Waals surface area contributed by atoms with Gasteiger partial charge in [0.1, 0.15) is 23.2 Å². The number of nitrogen functional groups attached to an aromatic ring is 1. The van der Waals surface area contributed by atoms with Gasteiger partial charge in [0.15, 0.2) is 0 Å². The Hall–Kier alpha value is -2.17. The lowest BCUT2D eigenvalue weighted by Crippen LogP contribution is -2.01. The van der Waals surface area contributed by atoms with E-state index < -0.39 is 0 Å². The van der Waals surface area contributed by atoms with Gasteiger partial charge in [-0.2, -0.15) is 0 Å². The van der Waals surface area contributed by atoms with Crippen molar-refractivity contribution < 1.29 is 9.13 Å².